The highest BCUT2D eigenvalue weighted by molar-refractivity contribution is 5.81. The van der Waals surface area contributed by atoms with Crippen LogP contribution in [0.1, 0.15) is 0 Å². The minimum Gasteiger partial charge on any atom is -0.299 e. The molecule has 6 heteroatoms. The number of benzene rings is 2. The second-order valence-electron chi connectivity index (χ2n) is 6.47. The second kappa shape index (κ2) is 6.42. The molecule has 0 aliphatic heterocycles. The Labute approximate surface area is 159 Å². The van der Waals surface area contributed by atoms with E-state index in [9.17, 15) is 8.78 Å². The van der Waals surface area contributed by atoms with Gasteiger partial charge in [0.1, 0.15) is 17.3 Å². The average molecular weight is 372 g/mol. The Morgan fingerprint density at radius 1 is 0.786 bits per heavy atom. The Bertz CT molecular complexity index is 1290. The van der Waals surface area contributed by atoms with Gasteiger partial charge in [-0.25, -0.2) is 13.8 Å². The molecule has 0 fully saturated rings. The smallest absolute Gasteiger partial charge is 0.137 e. The van der Waals surface area contributed by atoms with Gasteiger partial charge in [0, 0.05) is 28.5 Å². The molecule has 4 nitrogen and oxygen atoms in total. The number of halogens is 2. The predicted molar refractivity (Wildman–Crippen MR) is 104 cm³/mol. The van der Waals surface area contributed by atoms with Crippen molar-refractivity contribution in [2.45, 2.75) is 0 Å². The molecular formula is C22H14F2N4. The number of pyridine rings is 1. The summed E-state index contributed by atoms with van der Waals surface area (Å²) < 4.78 is 28.8. The normalized spacial score (nSPS) is 11.2. The summed E-state index contributed by atoms with van der Waals surface area (Å²) in [6.07, 6.45) is 5.41. The molecule has 5 aromatic rings. The molecule has 2 aromatic carbocycles. The molecule has 0 saturated heterocycles. The minimum absolute atomic E-state index is 0.288. The minimum atomic E-state index is -0.294. The van der Waals surface area contributed by atoms with Crippen molar-refractivity contribution in [2.24, 2.45) is 0 Å². The van der Waals surface area contributed by atoms with Crippen molar-refractivity contribution in [1.29, 1.82) is 0 Å². The number of hydrogen-bond donors (Lipinski definition) is 1. The molecule has 3 heterocycles. The van der Waals surface area contributed by atoms with Gasteiger partial charge in [0.05, 0.1) is 23.8 Å². The van der Waals surface area contributed by atoms with Gasteiger partial charge in [0.2, 0.25) is 0 Å². The number of aromatic nitrogens is 4. The summed E-state index contributed by atoms with van der Waals surface area (Å²) >= 11 is 0. The van der Waals surface area contributed by atoms with Crippen LogP contribution in [0.3, 0.4) is 0 Å². The largest absolute Gasteiger partial charge is 0.299 e. The van der Waals surface area contributed by atoms with Gasteiger partial charge in [0.15, 0.2) is 0 Å². The Hall–Kier alpha value is -3.80. The van der Waals surface area contributed by atoms with Crippen LogP contribution in [0.25, 0.3) is 39.3 Å². The maximum absolute atomic E-state index is 13.7. The molecule has 3 aromatic heterocycles. The Morgan fingerprint density at radius 3 is 2.43 bits per heavy atom. The van der Waals surface area contributed by atoms with Crippen LogP contribution >= 0.6 is 0 Å². The third kappa shape index (κ3) is 2.75. The van der Waals surface area contributed by atoms with Crippen LogP contribution in [0.2, 0.25) is 0 Å². The van der Waals surface area contributed by atoms with Crippen molar-refractivity contribution >= 4 is 5.65 Å². The van der Waals surface area contributed by atoms with Crippen molar-refractivity contribution in [3.8, 4) is 33.6 Å². The molecule has 0 saturated carbocycles. The van der Waals surface area contributed by atoms with Crippen LogP contribution in [-0.4, -0.2) is 19.6 Å². The van der Waals surface area contributed by atoms with Crippen molar-refractivity contribution in [1.82, 2.24) is 19.6 Å². The highest BCUT2D eigenvalue weighted by Crippen LogP contribution is 2.31. The van der Waals surface area contributed by atoms with Crippen molar-refractivity contribution < 1.29 is 8.78 Å². The maximum atomic E-state index is 13.7. The van der Waals surface area contributed by atoms with E-state index in [-0.39, 0.29) is 11.6 Å². The second-order valence-corrected chi connectivity index (χ2v) is 6.47. The van der Waals surface area contributed by atoms with Crippen LogP contribution in [-0.2, 0) is 0 Å². The maximum Gasteiger partial charge on any atom is 0.137 e. The highest BCUT2D eigenvalue weighted by Gasteiger charge is 2.13. The summed E-state index contributed by atoms with van der Waals surface area (Å²) in [6.45, 7) is 0. The van der Waals surface area contributed by atoms with Crippen LogP contribution in [0.15, 0.2) is 79.3 Å². The summed E-state index contributed by atoms with van der Waals surface area (Å²) in [6, 6.07) is 16.5. The molecule has 0 spiro atoms. The van der Waals surface area contributed by atoms with E-state index >= 15 is 0 Å². The number of fused-ring (bicyclic) bond motifs is 1. The first-order valence-electron chi connectivity index (χ1n) is 8.72. The van der Waals surface area contributed by atoms with E-state index in [1.807, 2.05) is 28.8 Å². The topological polar surface area (TPSA) is 46.0 Å². The molecule has 0 amide bonds. The molecule has 0 radical (unpaired) electrons. The lowest BCUT2D eigenvalue weighted by molar-refractivity contribution is 0.627. The van der Waals surface area contributed by atoms with Gasteiger partial charge in [-0.1, -0.05) is 12.1 Å². The summed E-state index contributed by atoms with van der Waals surface area (Å²) in [7, 11) is 0. The summed E-state index contributed by atoms with van der Waals surface area (Å²) in [5.41, 5.74) is 5.73. The van der Waals surface area contributed by atoms with Gasteiger partial charge in [-0.15, -0.1) is 0 Å². The van der Waals surface area contributed by atoms with Gasteiger partial charge in [-0.05, 0) is 48.5 Å². The summed E-state index contributed by atoms with van der Waals surface area (Å²) in [5.74, 6) is -0.582. The fourth-order valence-corrected chi connectivity index (χ4v) is 3.34. The highest BCUT2D eigenvalue weighted by atomic mass is 19.1. The SMILES string of the molecule is Fc1ccc(-c2[nH]ncc2-c2ccc3ncc(-c4cccc(F)c4)n3c2)cc1. The van der Waals surface area contributed by atoms with E-state index < -0.39 is 0 Å². The Kier molecular flexibility index (Phi) is 3.76. The molecule has 0 aliphatic carbocycles. The zero-order valence-corrected chi connectivity index (χ0v) is 14.6. The molecule has 1 N–H and O–H groups in total. The number of hydrogen-bond acceptors (Lipinski definition) is 2. The zero-order valence-electron chi connectivity index (χ0n) is 14.6. The zero-order chi connectivity index (χ0) is 19.1. The molecule has 0 unspecified atom stereocenters. The van der Waals surface area contributed by atoms with E-state index in [4.69, 9.17) is 0 Å². The number of H-pyrrole nitrogens is 1. The number of aromatic amines is 1. The van der Waals surface area contributed by atoms with Crippen molar-refractivity contribution in [2.75, 3.05) is 0 Å². The quantitative estimate of drug-likeness (QED) is 0.465. The van der Waals surface area contributed by atoms with E-state index in [1.54, 1.807) is 30.6 Å². The molecule has 5 rings (SSSR count). The lowest BCUT2D eigenvalue weighted by Crippen LogP contribution is -1.91. The first kappa shape index (κ1) is 16.4. The van der Waals surface area contributed by atoms with E-state index in [0.717, 1.165) is 39.3 Å². The average Bonchev–Trinajstić information content (AvgIpc) is 3.35. The number of rotatable bonds is 3. The van der Waals surface area contributed by atoms with Crippen LogP contribution in [0.4, 0.5) is 8.78 Å². The molecular weight excluding hydrogens is 358 g/mol. The molecule has 136 valence electrons. The van der Waals surface area contributed by atoms with Gasteiger partial charge < -0.3 is 0 Å². The first-order valence-corrected chi connectivity index (χ1v) is 8.72. The van der Waals surface area contributed by atoms with Crippen molar-refractivity contribution in [3.63, 3.8) is 0 Å². The van der Waals surface area contributed by atoms with Crippen LogP contribution in [0, 0.1) is 11.6 Å². The lowest BCUT2D eigenvalue weighted by Gasteiger charge is -2.07. The van der Waals surface area contributed by atoms with Gasteiger partial charge in [-0.2, -0.15) is 5.10 Å². The molecule has 28 heavy (non-hydrogen) atoms. The summed E-state index contributed by atoms with van der Waals surface area (Å²) in [5, 5.41) is 7.15. The third-order valence-corrected chi connectivity index (χ3v) is 4.71. The van der Waals surface area contributed by atoms with E-state index in [1.165, 1.54) is 24.3 Å². The fraction of sp³-hybridized carbons (Fsp3) is 0. The lowest BCUT2D eigenvalue weighted by atomic mass is 10.0. The fourth-order valence-electron chi connectivity index (χ4n) is 3.34. The number of imidazole rings is 1. The van der Waals surface area contributed by atoms with Gasteiger partial charge in [-0.3, -0.25) is 9.50 Å². The monoisotopic (exact) mass is 372 g/mol. The van der Waals surface area contributed by atoms with Crippen LogP contribution < -0.4 is 0 Å². The van der Waals surface area contributed by atoms with E-state index in [0.29, 0.717) is 0 Å². The van der Waals surface area contributed by atoms with Crippen LogP contribution in [0.5, 0.6) is 0 Å². The molecule has 0 atom stereocenters. The predicted octanol–water partition coefficient (Wildman–Crippen LogP) is 5.34. The summed E-state index contributed by atoms with van der Waals surface area (Å²) in [4.78, 5) is 4.41. The first-order chi connectivity index (χ1) is 13.7. The Morgan fingerprint density at radius 2 is 1.61 bits per heavy atom. The van der Waals surface area contributed by atoms with E-state index in [2.05, 4.69) is 15.2 Å². The third-order valence-electron chi connectivity index (χ3n) is 4.71. The van der Waals surface area contributed by atoms with Gasteiger partial charge in [0.25, 0.3) is 0 Å². The Balaban J connectivity index is 1.65. The standard InChI is InChI=1S/C22H14F2N4/c23-17-7-4-14(5-8-17)22-19(11-26-27-22)16-6-9-21-25-12-20(28(21)13-16)15-2-1-3-18(24)10-15/h1-13H,(H,26,27). The van der Waals surface area contributed by atoms with Crippen molar-refractivity contribution in [3.05, 3.63) is 90.9 Å². The number of nitrogens with zero attached hydrogens (tertiary/aromatic N) is 3. The van der Waals surface area contributed by atoms with Gasteiger partial charge >= 0.3 is 0 Å². The number of nitrogens with one attached hydrogen (secondary N) is 1. The molecule has 0 aliphatic rings. The molecule has 0 bridgehead atoms.